The number of ether oxygens (including phenoxy) is 1. The number of aryl methyl sites for hydroxylation is 1. The topological polar surface area (TPSA) is 154 Å². The highest BCUT2D eigenvalue weighted by molar-refractivity contribution is 7.92. The number of hydrogen-bond acceptors (Lipinski definition) is 13. The van der Waals surface area contributed by atoms with Crippen molar-refractivity contribution in [3.63, 3.8) is 0 Å². The first kappa shape index (κ1) is 31.9. The number of aromatic nitrogens is 5. The molecule has 3 aromatic heterocycles. The van der Waals surface area contributed by atoms with Crippen molar-refractivity contribution in [3.05, 3.63) is 47.4 Å². The van der Waals surface area contributed by atoms with Crippen LogP contribution in [0.15, 0.2) is 36.8 Å². The summed E-state index contributed by atoms with van der Waals surface area (Å²) in [5.41, 5.74) is 3.11. The summed E-state index contributed by atoms with van der Waals surface area (Å²) in [7, 11) is 0.133. The Kier molecular flexibility index (Phi) is 9.27. The second-order valence-electron chi connectivity index (χ2n) is 11.7. The van der Waals surface area contributed by atoms with Gasteiger partial charge in [0, 0.05) is 57.7 Å². The summed E-state index contributed by atoms with van der Waals surface area (Å²) < 4.78 is 32.6. The van der Waals surface area contributed by atoms with E-state index in [0.717, 1.165) is 69.7 Å². The van der Waals surface area contributed by atoms with E-state index in [0.29, 0.717) is 34.3 Å². The molecule has 1 aromatic carbocycles. The zero-order chi connectivity index (χ0) is 32.4. The number of nitrogens with zero attached hydrogens (tertiary/aromatic N) is 8. The van der Waals surface area contributed by atoms with Crippen LogP contribution in [-0.4, -0.2) is 109 Å². The molecule has 0 atom stereocenters. The van der Waals surface area contributed by atoms with E-state index >= 15 is 0 Å². The number of anilines is 6. The quantitative estimate of drug-likeness (QED) is 0.237. The van der Waals surface area contributed by atoms with Gasteiger partial charge in [0.2, 0.25) is 21.9 Å². The number of nitrogens with one attached hydrogen (secondary N) is 3. The fourth-order valence-electron chi connectivity index (χ4n) is 5.97. The van der Waals surface area contributed by atoms with Crippen LogP contribution >= 0.6 is 11.6 Å². The van der Waals surface area contributed by atoms with Crippen molar-refractivity contribution < 1.29 is 13.2 Å². The van der Waals surface area contributed by atoms with Gasteiger partial charge in [-0.2, -0.15) is 9.97 Å². The second-order valence-corrected chi connectivity index (χ2v) is 13.8. The summed E-state index contributed by atoms with van der Waals surface area (Å²) in [4.78, 5) is 29.8. The summed E-state index contributed by atoms with van der Waals surface area (Å²) >= 11 is 6.48. The number of rotatable bonds is 9. The molecule has 14 nitrogen and oxygen atoms in total. The molecule has 244 valence electrons. The number of likely N-dealkylation sites (N-methyl/N-ethyl adjacent to an activating group) is 1. The first-order chi connectivity index (χ1) is 22.1. The van der Waals surface area contributed by atoms with Crippen LogP contribution in [0.25, 0.3) is 11.0 Å². The lowest BCUT2D eigenvalue weighted by Gasteiger charge is -2.42. The van der Waals surface area contributed by atoms with E-state index in [2.05, 4.69) is 57.0 Å². The van der Waals surface area contributed by atoms with Crippen LogP contribution in [-0.2, 0) is 10.0 Å². The summed E-state index contributed by atoms with van der Waals surface area (Å²) in [6.45, 7) is 8.43. The van der Waals surface area contributed by atoms with Crippen LogP contribution in [0.5, 0.6) is 5.88 Å². The lowest BCUT2D eigenvalue weighted by atomic mass is 10.0. The number of piperazine rings is 1. The number of pyridine rings is 1. The summed E-state index contributed by atoms with van der Waals surface area (Å²) in [6.07, 6.45) is 7.75. The molecule has 0 aliphatic carbocycles. The minimum atomic E-state index is -3.64. The Labute approximate surface area is 273 Å². The molecule has 6 rings (SSSR count). The van der Waals surface area contributed by atoms with Crippen molar-refractivity contribution in [1.29, 1.82) is 0 Å². The minimum absolute atomic E-state index is 0.224. The Morgan fingerprint density at radius 1 is 0.957 bits per heavy atom. The van der Waals surface area contributed by atoms with Crippen molar-refractivity contribution in [2.75, 3.05) is 79.9 Å². The smallest absolute Gasteiger partial charge is 0.239 e. The first-order valence-corrected chi connectivity index (χ1v) is 17.4. The van der Waals surface area contributed by atoms with E-state index in [1.807, 2.05) is 13.0 Å². The average Bonchev–Trinajstić information content (AvgIpc) is 3.04. The van der Waals surface area contributed by atoms with Crippen molar-refractivity contribution in [2.45, 2.75) is 25.8 Å². The molecule has 5 heterocycles. The number of fused-ring (bicyclic) bond motifs is 1. The molecule has 0 radical (unpaired) electrons. The minimum Gasteiger partial charge on any atom is -0.479 e. The van der Waals surface area contributed by atoms with Crippen LogP contribution in [0.2, 0.25) is 5.02 Å². The van der Waals surface area contributed by atoms with E-state index in [1.165, 1.54) is 18.6 Å². The molecule has 0 spiro atoms. The average molecular weight is 668 g/mol. The Hall–Kier alpha value is -4.05. The lowest BCUT2D eigenvalue weighted by Crippen LogP contribution is -2.52. The Bertz CT molecular complexity index is 1830. The maximum absolute atomic E-state index is 12.2. The molecule has 4 aromatic rings. The number of sulfonamides is 1. The van der Waals surface area contributed by atoms with E-state index in [4.69, 9.17) is 21.3 Å². The summed E-state index contributed by atoms with van der Waals surface area (Å²) in [5.74, 6) is 1.82. The zero-order valence-corrected chi connectivity index (χ0v) is 27.9. The standard InChI is InChI=1S/C30H38ClN11O3S/c1-19-17-24(29(45-3)38-28(19)42-11-7-20(8-12-42)41-15-13-40(2)14-16-41)36-30-34-18-21(31)27(37-30)35-23-6-5-22-25(33-10-9-32-22)26(23)39-46(4,43)44/h5-6,9-10,17-18,20,39H,7-8,11-16H2,1-4H3,(H2,34,35,36,37). The van der Waals surface area contributed by atoms with Gasteiger partial charge in [-0.15, -0.1) is 0 Å². The van der Waals surface area contributed by atoms with Crippen LogP contribution in [0.1, 0.15) is 18.4 Å². The molecule has 0 bridgehead atoms. The van der Waals surface area contributed by atoms with Gasteiger partial charge in [0.25, 0.3) is 0 Å². The number of benzene rings is 1. The van der Waals surface area contributed by atoms with Gasteiger partial charge in [0.05, 0.1) is 36.5 Å². The zero-order valence-electron chi connectivity index (χ0n) is 26.3. The molecule has 2 fully saturated rings. The van der Waals surface area contributed by atoms with Gasteiger partial charge in [-0.25, -0.2) is 13.4 Å². The molecule has 46 heavy (non-hydrogen) atoms. The first-order valence-electron chi connectivity index (χ1n) is 15.1. The number of piperidine rings is 1. The summed E-state index contributed by atoms with van der Waals surface area (Å²) in [6, 6.07) is 5.99. The lowest BCUT2D eigenvalue weighted by molar-refractivity contribution is 0.0981. The molecule has 16 heteroatoms. The molecular weight excluding hydrogens is 630 g/mol. The van der Waals surface area contributed by atoms with Gasteiger partial charge >= 0.3 is 0 Å². The van der Waals surface area contributed by atoms with Crippen LogP contribution < -0.4 is 25.0 Å². The van der Waals surface area contributed by atoms with Crippen LogP contribution in [0.4, 0.5) is 34.6 Å². The highest BCUT2D eigenvalue weighted by Crippen LogP contribution is 2.36. The van der Waals surface area contributed by atoms with E-state index in [-0.39, 0.29) is 22.5 Å². The number of halogens is 1. The highest BCUT2D eigenvalue weighted by Gasteiger charge is 2.28. The summed E-state index contributed by atoms with van der Waals surface area (Å²) in [5, 5.41) is 6.57. The van der Waals surface area contributed by atoms with Crippen molar-refractivity contribution in [1.82, 2.24) is 34.7 Å². The Morgan fingerprint density at radius 3 is 2.41 bits per heavy atom. The monoisotopic (exact) mass is 667 g/mol. The molecule has 0 saturated carbocycles. The Morgan fingerprint density at radius 2 is 1.70 bits per heavy atom. The molecule has 0 unspecified atom stereocenters. The van der Waals surface area contributed by atoms with E-state index < -0.39 is 10.0 Å². The second kappa shape index (κ2) is 13.4. The molecule has 0 amide bonds. The third-order valence-electron chi connectivity index (χ3n) is 8.33. The van der Waals surface area contributed by atoms with E-state index in [1.54, 1.807) is 19.2 Å². The maximum Gasteiger partial charge on any atom is 0.239 e. The van der Waals surface area contributed by atoms with Gasteiger partial charge in [-0.05, 0) is 50.6 Å². The normalized spacial score (nSPS) is 16.8. The van der Waals surface area contributed by atoms with Gasteiger partial charge < -0.3 is 25.2 Å². The van der Waals surface area contributed by atoms with Gasteiger partial charge in [-0.1, -0.05) is 11.6 Å². The van der Waals surface area contributed by atoms with Gasteiger partial charge in [-0.3, -0.25) is 19.6 Å². The fourth-order valence-corrected chi connectivity index (χ4v) is 6.69. The van der Waals surface area contributed by atoms with Crippen molar-refractivity contribution in [3.8, 4) is 5.88 Å². The molecule has 2 saturated heterocycles. The predicted octanol–water partition coefficient (Wildman–Crippen LogP) is 3.86. The van der Waals surface area contributed by atoms with Crippen LogP contribution in [0, 0.1) is 6.92 Å². The molecule has 3 N–H and O–H groups in total. The molecule has 2 aliphatic heterocycles. The van der Waals surface area contributed by atoms with Gasteiger partial charge in [0.15, 0.2) is 5.82 Å². The number of hydrogen-bond donors (Lipinski definition) is 3. The van der Waals surface area contributed by atoms with E-state index in [9.17, 15) is 8.42 Å². The molecular formula is C30H38ClN11O3S. The largest absolute Gasteiger partial charge is 0.479 e. The third-order valence-corrected chi connectivity index (χ3v) is 9.19. The van der Waals surface area contributed by atoms with Crippen molar-refractivity contribution in [2.24, 2.45) is 0 Å². The third kappa shape index (κ3) is 7.17. The highest BCUT2D eigenvalue weighted by atomic mass is 35.5. The van der Waals surface area contributed by atoms with Gasteiger partial charge in [0.1, 0.15) is 22.0 Å². The van der Waals surface area contributed by atoms with Crippen LogP contribution in [0.3, 0.4) is 0 Å². The fraction of sp³-hybridized carbons (Fsp3) is 0.433. The van der Waals surface area contributed by atoms with Crippen molar-refractivity contribution >= 4 is 67.3 Å². The Balaban J connectivity index is 1.20. The molecule has 2 aliphatic rings. The predicted molar refractivity (Wildman–Crippen MR) is 181 cm³/mol. The maximum atomic E-state index is 12.2. The SMILES string of the molecule is COc1nc(N2CCC(N3CCN(C)CC3)CC2)c(C)cc1Nc1ncc(Cl)c(Nc2ccc3nccnc3c2NS(C)(=O)=O)n1. The number of methoxy groups -OCH3 is 1.